The molecule has 0 saturated heterocycles. The van der Waals surface area contributed by atoms with E-state index in [0.717, 1.165) is 27.7 Å². The first-order valence-corrected chi connectivity index (χ1v) is 11.9. The highest BCUT2D eigenvalue weighted by Crippen LogP contribution is 2.27. The third-order valence-electron chi connectivity index (χ3n) is 6.11. The van der Waals surface area contributed by atoms with E-state index in [1.54, 1.807) is 9.58 Å². The van der Waals surface area contributed by atoms with E-state index >= 15 is 0 Å². The Morgan fingerprint density at radius 1 is 0.971 bits per heavy atom. The normalized spacial score (nSPS) is 11.5. The standard InChI is InChI=1S/C29H32N4O2/c1-6-32(28(35)23-16-11-14-21-13-8-9-15-22(21)23)19-27(34)30-26-18-25(29(3,4)5)31-33(26)24-17-10-7-12-20(24)2/h7-18H,6,19H2,1-5H3,(H,30,34). The maximum Gasteiger partial charge on any atom is 0.254 e. The highest BCUT2D eigenvalue weighted by atomic mass is 16.2. The van der Waals surface area contributed by atoms with E-state index in [1.807, 2.05) is 86.6 Å². The highest BCUT2D eigenvalue weighted by Gasteiger charge is 2.24. The van der Waals surface area contributed by atoms with Crippen LogP contribution in [-0.2, 0) is 10.2 Å². The molecule has 0 aliphatic heterocycles. The predicted octanol–water partition coefficient (Wildman–Crippen LogP) is 5.73. The van der Waals surface area contributed by atoms with Crippen LogP contribution in [0.5, 0.6) is 0 Å². The third-order valence-corrected chi connectivity index (χ3v) is 6.11. The van der Waals surface area contributed by atoms with Crippen LogP contribution in [0.25, 0.3) is 16.5 Å². The van der Waals surface area contributed by atoms with Crippen LogP contribution in [-0.4, -0.2) is 39.6 Å². The van der Waals surface area contributed by atoms with Crippen LogP contribution < -0.4 is 5.32 Å². The Labute approximate surface area is 206 Å². The molecule has 0 spiro atoms. The number of para-hydroxylation sites is 1. The number of carbonyl (C=O) groups excluding carboxylic acids is 2. The molecular formula is C29H32N4O2. The van der Waals surface area contributed by atoms with E-state index in [2.05, 4.69) is 26.1 Å². The second-order valence-corrected chi connectivity index (χ2v) is 9.76. The molecule has 3 aromatic carbocycles. The van der Waals surface area contributed by atoms with Crippen LogP contribution in [0.3, 0.4) is 0 Å². The molecule has 1 heterocycles. The minimum atomic E-state index is -0.268. The number of aromatic nitrogens is 2. The molecule has 180 valence electrons. The number of nitrogens with zero attached hydrogens (tertiary/aromatic N) is 3. The van der Waals surface area contributed by atoms with Crippen molar-refractivity contribution in [2.24, 2.45) is 0 Å². The molecule has 6 heteroatoms. The van der Waals surface area contributed by atoms with E-state index in [0.29, 0.717) is 17.9 Å². The zero-order chi connectivity index (χ0) is 25.2. The van der Waals surface area contributed by atoms with Gasteiger partial charge in [0.2, 0.25) is 5.91 Å². The predicted molar refractivity (Wildman–Crippen MR) is 141 cm³/mol. The lowest BCUT2D eigenvalue weighted by molar-refractivity contribution is -0.116. The Balaban J connectivity index is 1.60. The van der Waals surface area contributed by atoms with Crippen molar-refractivity contribution < 1.29 is 9.59 Å². The summed E-state index contributed by atoms with van der Waals surface area (Å²) in [6.07, 6.45) is 0. The molecule has 35 heavy (non-hydrogen) atoms. The second-order valence-electron chi connectivity index (χ2n) is 9.76. The first kappa shape index (κ1) is 24.2. The zero-order valence-corrected chi connectivity index (χ0v) is 21.0. The number of hydrogen-bond donors (Lipinski definition) is 1. The SMILES string of the molecule is CCN(CC(=O)Nc1cc(C(C)(C)C)nn1-c1ccccc1C)C(=O)c1cccc2ccccc12. The van der Waals surface area contributed by atoms with E-state index in [1.165, 1.54) is 0 Å². The minimum Gasteiger partial charge on any atom is -0.330 e. The fourth-order valence-electron chi connectivity index (χ4n) is 4.09. The van der Waals surface area contributed by atoms with Crippen molar-refractivity contribution in [1.29, 1.82) is 0 Å². The van der Waals surface area contributed by atoms with Crippen molar-refractivity contribution in [2.45, 2.75) is 40.0 Å². The van der Waals surface area contributed by atoms with Gasteiger partial charge >= 0.3 is 0 Å². The quantitative estimate of drug-likeness (QED) is 0.393. The number of aryl methyl sites for hydroxylation is 1. The van der Waals surface area contributed by atoms with Gasteiger partial charge in [0.15, 0.2) is 0 Å². The van der Waals surface area contributed by atoms with Crippen LogP contribution in [0.4, 0.5) is 5.82 Å². The van der Waals surface area contributed by atoms with Crippen molar-refractivity contribution in [3.05, 3.63) is 89.6 Å². The highest BCUT2D eigenvalue weighted by molar-refractivity contribution is 6.08. The van der Waals surface area contributed by atoms with Crippen molar-refractivity contribution >= 4 is 28.4 Å². The molecule has 0 aliphatic carbocycles. The van der Waals surface area contributed by atoms with Gasteiger partial charge in [0.25, 0.3) is 5.91 Å². The monoisotopic (exact) mass is 468 g/mol. The lowest BCUT2D eigenvalue weighted by atomic mass is 9.92. The van der Waals surface area contributed by atoms with Crippen LogP contribution in [0, 0.1) is 6.92 Å². The van der Waals surface area contributed by atoms with Crippen LogP contribution >= 0.6 is 0 Å². The molecule has 0 saturated carbocycles. The first-order chi connectivity index (χ1) is 16.7. The van der Waals surface area contributed by atoms with Gasteiger partial charge in [-0.3, -0.25) is 9.59 Å². The van der Waals surface area contributed by atoms with Crippen molar-refractivity contribution in [3.63, 3.8) is 0 Å². The summed E-state index contributed by atoms with van der Waals surface area (Å²) in [6, 6.07) is 23.3. The second kappa shape index (κ2) is 9.74. The first-order valence-electron chi connectivity index (χ1n) is 11.9. The Morgan fingerprint density at radius 3 is 2.37 bits per heavy atom. The zero-order valence-electron chi connectivity index (χ0n) is 21.0. The lowest BCUT2D eigenvalue weighted by Gasteiger charge is -2.21. The molecule has 1 N–H and O–H groups in total. The molecular weight excluding hydrogens is 436 g/mol. The number of rotatable bonds is 6. The Bertz CT molecular complexity index is 1380. The van der Waals surface area contributed by atoms with Crippen LogP contribution in [0.15, 0.2) is 72.8 Å². The number of anilines is 1. The van der Waals surface area contributed by atoms with Crippen molar-refractivity contribution in [3.8, 4) is 5.69 Å². The van der Waals surface area contributed by atoms with Gasteiger partial charge in [-0.15, -0.1) is 0 Å². The number of carbonyl (C=O) groups is 2. The van der Waals surface area contributed by atoms with Gasteiger partial charge in [0.1, 0.15) is 12.4 Å². The van der Waals surface area contributed by atoms with Gasteiger partial charge in [-0.05, 0) is 42.3 Å². The number of amides is 2. The number of benzene rings is 3. The molecule has 6 nitrogen and oxygen atoms in total. The molecule has 4 aromatic rings. The summed E-state index contributed by atoms with van der Waals surface area (Å²) >= 11 is 0. The summed E-state index contributed by atoms with van der Waals surface area (Å²) in [7, 11) is 0. The maximum atomic E-state index is 13.4. The van der Waals surface area contributed by atoms with Gasteiger partial charge < -0.3 is 10.2 Å². The summed E-state index contributed by atoms with van der Waals surface area (Å²) in [4.78, 5) is 28.1. The molecule has 0 fully saturated rings. The third kappa shape index (κ3) is 5.11. The van der Waals surface area contributed by atoms with Crippen LogP contribution in [0.2, 0.25) is 0 Å². The molecule has 0 atom stereocenters. The molecule has 2 amide bonds. The summed E-state index contributed by atoms with van der Waals surface area (Å²) < 4.78 is 1.77. The van der Waals surface area contributed by atoms with Gasteiger partial charge in [-0.1, -0.05) is 75.4 Å². The van der Waals surface area contributed by atoms with E-state index in [4.69, 9.17) is 5.10 Å². The summed E-state index contributed by atoms with van der Waals surface area (Å²) in [5.41, 5.74) is 3.23. The number of likely N-dealkylation sites (N-methyl/N-ethyl adjacent to an activating group) is 1. The fourth-order valence-corrected chi connectivity index (χ4v) is 4.09. The average Bonchev–Trinajstić information content (AvgIpc) is 3.26. The van der Waals surface area contributed by atoms with Gasteiger partial charge in [-0.2, -0.15) is 5.10 Å². The Kier molecular flexibility index (Phi) is 6.74. The molecule has 0 bridgehead atoms. The van der Waals surface area contributed by atoms with Crippen molar-refractivity contribution in [1.82, 2.24) is 14.7 Å². The van der Waals surface area contributed by atoms with Gasteiger partial charge in [-0.25, -0.2) is 4.68 Å². The topological polar surface area (TPSA) is 67.2 Å². The summed E-state index contributed by atoms with van der Waals surface area (Å²) in [5.74, 6) is 0.153. The van der Waals surface area contributed by atoms with E-state index in [-0.39, 0.29) is 23.8 Å². The maximum absolute atomic E-state index is 13.4. The average molecular weight is 469 g/mol. The largest absolute Gasteiger partial charge is 0.330 e. The number of fused-ring (bicyclic) bond motifs is 1. The molecule has 4 rings (SSSR count). The summed E-state index contributed by atoms with van der Waals surface area (Å²) in [5, 5.41) is 9.68. The lowest BCUT2D eigenvalue weighted by Crippen LogP contribution is -2.38. The van der Waals surface area contributed by atoms with Crippen LogP contribution in [0.1, 0.15) is 49.3 Å². The minimum absolute atomic E-state index is 0.0532. The number of hydrogen-bond acceptors (Lipinski definition) is 3. The van der Waals surface area contributed by atoms with Gasteiger partial charge in [0.05, 0.1) is 11.4 Å². The molecule has 0 radical (unpaired) electrons. The van der Waals surface area contributed by atoms with E-state index < -0.39 is 0 Å². The fraction of sp³-hybridized carbons (Fsp3) is 0.276. The molecule has 0 unspecified atom stereocenters. The van der Waals surface area contributed by atoms with Gasteiger partial charge in [0, 0.05) is 23.6 Å². The smallest absolute Gasteiger partial charge is 0.254 e. The summed E-state index contributed by atoms with van der Waals surface area (Å²) in [6.45, 7) is 10.5. The van der Waals surface area contributed by atoms with Crippen molar-refractivity contribution in [2.75, 3.05) is 18.4 Å². The molecule has 1 aromatic heterocycles. The Hall–Kier alpha value is -3.93. The Morgan fingerprint density at radius 2 is 1.66 bits per heavy atom. The number of nitrogens with one attached hydrogen (secondary N) is 1. The molecule has 0 aliphatic rings. The van der Waals surface area contributed by atoms with E-state index in [9.17, 15) is 9.59 Å².